The number of carbonyl (C=O) groups excluding carboxylic acids is 1. The van der Waals surface area contributed by atoms with Crippen LogP contribution >= 0.6 is 0 Å². The summed E-state index contributed by atoms with van der Waals surface area (Å²) in [5, 5.41) is 6.08. The molecule has 2 rings (SSSR count). The van der Waals surface area contributed by atoms with Gasteiger partial charge in [0.05, 0.1) is 26.4 Å². The number of carbonyl (C=O) groups is 1. The van der Waals surface area contributed by atoms with Crippen LogP contribution in [0.15, 0.2) is 24.3 Å². The number of urea groups is 1. The second kappa shape index (κ2) is 9.06. The first-order chi connectivity index (χ1) is 12.0. The van der Waals surface area contributed by atoms with Crippen molar-refractivity contribution in [3.8, 4) is 5.75 Å². The van der Waals surface area contributed by atoms with Crippen LogP contribution in [0.1, 0.15) is 38.8 Å². The highest BCUT2D eigenvalue weighted by Crippen LogP contribution is 2.20. The van der Waals surface area contributed by atoms with Crippen molar-refractivity contribution >= 4 is 6.03 Å². The molecule has 0 spiro atoms. The number of morpholine rings is 1. The molecule has 1 aliphatic heterocycles. The molecule has 2 N–H and O–H groups in total. The Kier molecular flexibility index (Phi) is 7.08. The average molecular weight is 349 g/mol. The highest BCUT2D eigenvalue weighted by molar-refractivity contribution is 5.74. The molecule has 0 bridgehead atoms. The maximum atomic E-state index is 12.3. The third-order valence-corrected chi connectivity index (χ3v) is 4.78. The fourth-order valence-corrected chi connectivity index (χ4v) is 3.04. The molecule has 1 saturated heterocycles. The first-order valence-electron chi connectivity index (χ1n) is 8.97. The highest BCUT2D eigenvalue weighted by Gasteiger charge is 2.28. The fraction of sp³-hybridized carbons (Fsp3) is 0.632. The number of rotatable bonds is 7. The summed E-state index contributed by atoms with van der Waals surface area (Å²) in [6.07, 6.45) is 0.826. The smallest absolute Gasteiger partial charge is 0.315 e. The molecule has 1 fully saturated rings. The van der Waals surface area contributed by atoms with Gasteiger partial charge in [0, 0.05) is 25.2 Å². The molecular weight excluding hydrogens is 318 g/mol. The van der Waals surface area contributed by atoms with Crippen LogP contribution in [0, 0.1) is 0 Å². The summed E-state index contributed by atoms with van der Waals surface area (Å²) < 4.78 is 10.6. The molecule has 0 radical (unpaired) electrons. The lowest BCUT2D eigenvalue weighted by molar-refractivity contribution is -0.00876. The Balaban J connectivity index is 1.86. The van der Waals surface area contributed by atoms with Crippen LogP contribution in [0.4, 0.5) is 4.79 Å². The Bertz CT molecular complexity index is 539. The summed E-state index contributed by atoms with van der Waals surface area (Å²) in [5.41, 5.74) is 0.981. The van der Waals surface area contributed by atoms with E-state index in [-0.39, 0.29) is 17.6 Å². The van der Waals surface area contributed by atoms with E-state index < -0.39 is 0 Å². The Morgan fingerprint density at radius 3 is 2.48 bits per heavy atom. The van der Waals surface area contributed by atoms with Gasteiger partial charge in [-0.15, -0.1) is 0 Å². The molecule has 1 heterocycles. The zero-order chi connectivity index (χ0) is 18.3. The van der Waals surface area contributed by atoms with E-state index in [0.29, 0.717) is 6.54 Å². The number of benzene rings is 1. The molecule has 140 valence electrons. The monoisotopic (exact) mass is 349 g/mol. The number of nitrogens with zero attached hydrogens (tertiary/aromatic N) is 1. The van der Waals surface area contributed by atoms with Crippen molar-refractivity contribution in [2.24, 2.45) is 0 Å². The largest absolute Gasteiger partial charge is 0.497 e. The Morgan fingerprint density at radius 2 is 1.92 bits per heavy atom. The molecule has 0 aliphatic carbocycles. The van der Waals surface area contributed by atoms with Gasteiger partial charge in [-0.3, -0.25) is 4.90 Å². The van der Waals surface area contributed by atoms with Crippen molar-refractivity contribution in [3.05, 3.63) is 29.8 Å². The zero-order valence-corrected chi connectivity index (χ0v) is 15.8. The molecule has 25 heavy (non-hydrogen) atoms. The van der Waals surface area contributed by atoms with Crippen LogP contribution < -0.4 is 15.4 Å². The van der Waals surface area contributed by atoms with Gasteiger partial charge in [0.15, 0.2) is 0 Å². The summed E-state index contributed by atoms with van der Waals surface area (Å²) in [4.78, 5) is 14.7. The maximum absolute atomic E-state index is 12.3. The number of hydrogen-bond donors (Lipinski definition) is 2. The van der Waals surface area contributed by atoms with E-state index in [9.17, 15) is 4.79 Å². The lowest BCUT2D eigenvalue weighted by atomic mass is 10.0. The van der Waals surface area contributed by atoms with E-state index in [1.54, 1.807) is 7.11 Å². The van der Waals surface area contributed by atoms with E-state index in [4.69, 9.17) is 9.47 Å². The van der Waals surface area contributed by atoms with E-state index in [1.807, 2.05) is 24.3 Å². The number of hydrogen-bond acceptors (Lipinski definition) is 4. The maximum Gasteiger partial charge on any atom is 0.315 e. The van der Waals surface area contributed by atoms with Crippen LogP contribution in [-0.4, -0.2) is 56.4 Å². The normalized spacial score (nSPS) is 17.0. The van der Waals surface area contributed by atoms with Crippen molar-refractivity contribution in [1.82, 2.24) is 15.5 Å². The minimum absolute atomic E-state index is 0.0163. The first-order valence-corrected chi connectivity index (χ1v) is 8.97. The van der Waals surface area contributed by atoms with Gasteiger partial charge < -0.3 is 20.1 Å². The molecule has 0 saturated carbocycles. The topological polar surface area (TPSA) is 62.8 Å². The van der Waals surface area contributed by atoms with Gasteiger partial charge in [0.2, 0.25) is 0 Å². The number of methoxy groups -OCH3 is 1. The van der Waals surface area contributed by atoms with Gasteiger partial charge in [-0.25, -0.2) is 4.79 Å². The van der Waals surface area contributed by atoms with Crippen LogP contribution in [0.3, 0.4) is 0 Å². The summed E-state index contributed by atoms with van der Waals surface area (Å²) in [6, 6.07) is 7.66. The van der Waals surface area contributed by atoms with Crippen molar-refractivity contribution in [2.45, 2.75) is 38.8 Å². The number of ether oxygens (including phenoxy) is 2. The quantitative estimate of drug-likeness (QED) is 0.794. The summed E-state index contributed by atoms with van der Waals surface area (Å²) in [5.74, 6) is 0.815. The minimum atomic E-state index is -0.135. The van der Waals surface area contributed by atoms with Gasteiger partial charge in [-0.2, -0.15) is 0 Å². The average Bonchev–Trinajstić information content (AvgIpc) is 2.65. The van der Waals surface area contributed by atoms with Gasteiger partial charge in [-0.1, -0.05) is 19.1 Å². The van der Waals surface area contributed by atoms with E-state index >= 15 is 0 Å². The van der Waals surface area contributed by atoms with Crippen LogP contribution in [0.5, 0.6) is 5.75 Å². The lowest BCUT2D eigenvalue weighted by Gasteiger charge is -2.40. The van der Waals surface area contributed by atoms with E-state index in [0.717, 1.165) is 44.0 Å². The third kappa shape index (κ3) is 5.61. The van der Waals surface area contributed by atoms with Crippen molar-refractivity contribution in [2.75, 3.05) is 40.0 Å². The van der Waals surface area contributed by atoms with Gasteiger partial charge >= 0.3 is 6.03 Å². The van der Waals surface area contributed by atoms with Crippen LogP contribution in [0.2, 0.25) is 0 Å². The Hall–Kier alpha value is -1.79. The zero-order valence-electron chi connectivity index (χ0n) is 15.8. The van der Waals surface area contributed by atoms with Crippen LogP contribution in [0.25, 0.3) is 0 Å². The van der Waals surface area contributed by atoms with Crippen molar-refractivity contribution in [3.63, 3.8) is 0 Å². The second-order valence-corrected chi connectivity index (χ2v) is 6.97. The van der Waals surface area contributed by atoms with Crippen molar-refractivity contribution in [1.29, 1.82) is 0 Å². The number of amides is 2. The van der Waals surface area contributed by atoms with Crippen molar-refractivity contribution < 1.29 is 14.3 Å². The molecule has 1 aromatic rings. The minimum Gasteiger partial charge on any atom is -0.497 e. The Morgan fingerprint density at radius 1 is 1.28 bits per heavy atom. The first kappa shape index (κ1) is 19.5. The molecular formula is C19H31N3O3. The predicted octanol–water partition coefficient (Wildman–Crippen LogP) is 2.56. The summed E-state index contributed by atoms with van der Waals surface area (Å²) in [7, 11) is 1.65. The van der Waals surface area contributed by atoms with Gasteiger partial charge in [0.1, 0.15) is 5.75 Å². The molecule has 2 amide bonds. The molecule has 1 atom stereocenters. The van der Waals surface area contributed by atoms with Crippen LogP contribution in [-0.2, 0) is 4.74 Å². The van der Waals surface area contributed by atoms with Gasteiger partial charge in [0.25, 0.3) is 0 Å². The summed E-state index contributed by atoms with van der Waals surface area (Å²) >= 11 is 0. The highest BCUT2D eigenvalue weighted by atomic mass is 16.5. The molecule has 0 aromatic heterocycles. The Labute approximate surface area is 150 Å². The fourth-order valence-electron chi connectivity index (χ4n) is 3.04. The van der Waals surface area contributed by atoms with E-state index in [1.165, 1.54) is 0 Å². The molecule has 1 aliphatic rings. The SMILES string of the molecule is CCC(NC(=O)NCC(C)(C)N1CCOCC1)c1ccc(OC)cc1. The standard InChI is InChI=1S/C19H31N3O3/c1-5-17(15-6-8-16(24-4)9-7-15)21-18(23)20-14-19(2,3)22-10-12-25-13-11-22/h6-9,17H,5,10-14H2,1-4H3,(H2,20,21,23). The molecule has 6 nitrogen and oxygen atoms in total. The summed E-state index contributed by atoms with van der Waals surface area (Å²) in [6.45, 7) is 10.3. The predicted molar refractivity (Wildman–Crippen MR) is 99.0 cm³/mol. The third-order valence-electron chi connectivity index (χ3n) is 4.78. The van der Waals surface area contributed by atoms with Gasteiger partial charge in [-0.05, 0) is 38.0 Å². The lowest BCUT2D eigenvalue weighted by Crippen LogP contribution is -2.56. The molecule has 1 aromatic carbocycles. The van der Waals surface area contributed by atoms with E-state index in [2.05, 4.69) is 36.3 Å². The second-order valence-electron chi connectivity index (χ2n) is 6.97. The molecule has 1 unspecified atom stereocenters. The number of nitrogens with one attached hydrogen (secondary N) is 2. The molecule has 6 heteroatoms.